The van der Waals surface area contributed by atoms with Gasteiger partial charge in [-0.25, -0.2) is 4.98 Å². The summed E-state index contributed by atoms with van der Waals surface area (Å²) < 4.78 is 0.970. The van der Waals surface area contributed by atoms with E-state index in [4.69, 9.17) is 0 Å². The lowest BCUT2D eigenvalue weighted by Gasteiger charge is -2.13. The molecule has 1 aromatic carbocycles. The van der Waals surface area contributed by atoms with Crippen LogP contribution in [0.1, 0.15) is 62.2 Å². The van der Waals surface area contributed by atoms with Crippen LogP contribution in [0, 0.1) is 5.21 Å². The Bertz CT molecular complexity index is 631. The smallest absolute Gasteiger partial charge is 0.221 e. The molecule has 1 aromatic heterocycles. The highest BCUT2D eigenvalue weighted by Gasteiger charge is 2.19. The molecule has 0 aliphatic rings. The zero-order chi connectivity index (χ0) is 15.4. The normalized spacial score (nSPS) is 11.7. The van der Waals surface area contributed by atoms with Crippen LogP contribution in [0.2, 0.25) is 0 Å². The van der Waals surface area contributed by atoms with Gasteiger partial charge in [0.15, 0.2) is 0 Å². The van der Waals surface area contributed by atoms with Crippen molar-refractivity contribution in [3.05, 3.63) is 64.4 Å². The Hall–Kier alpha value is -2.16. The fourth-order valence-electron chi connectivity index (χ4n) is 2.22. The Morgan fingerprint density at radius 1 is 1.00 bits per heavy atom. The molecule has 0 aliphatic heterocycles. The van der Waals surface area contributed by atoms with Crippen molar-refractivity contribution < 1.29 is 4.73 Å². The predicted octanol–water partition coefficient (Wildman–Crippen LogP) is 4.13. The fourth-order valence-corrected chi connectivity index (χ4v) is 2.22. The Balaban J connectivity index is 2.47. The van der Waals surface area contributed by atoms with Crippen molar-refractivity contribution in [2.24, 2.45) is 0 Å². The quantitative estimate of drug-likeness (QED) is 0.624. The first kappa shape index (κ1) is 15.2. The summed E-state index contributed by atoms with van der Waals surface area (Å²) in [5.74, 6) is 0.363. The summed E-state index contributed by atoms with van der Waals surface area (Å²) in [4.78, 5) is 4.66. The molecular formula is C18H22N2O. The van der Waals surface area contributed by atoms with Gasteiger partial charge in [0, 0.05) is 11.8 Å². The van der Waals surface area contributed by atoms with Crippen molar-refractivity contribution in [2.75, 3.05) is 0 Å². The van der Waals surface area contributed by atoms with E-state index < -0.39 is 0 Å². The molecule has 0 saturated carbocycles. The van der Waals surface area contributed by atoms with Gasteiger partial charge in [-0.05, 0) is 11.6 Å². The van der Waals surface area contributed by atoms with Gasteiger partial charge in [0.25, 0.3) is 0 Å². The number of aromatic nitrogens is 2. The van der Waals surface area contributed by atoms with E-state index in [0.29, 0.717) is 5.69 Å². The van der Waals surface area contributed by atoms with Gasteiger partial charge in [-0.2, -0.15) is 4.73 Å². The van der Waals surface area contributed by atoms with Crippen LogP contribution in [0.3, 0.4) is 0 Å². The van der Waals surface area contributed by atoms with Crippen molar-refractivity contribution in [2.45, 2.75) is 39.5 Å². The summed E-state index contributed by atoms with van der Waals surface area (Å²) in [5, 5.41) is 12.3. The first-order valence-corrected chi connectivity index (χ1v) is 7.36. The topological polar surface area (TPSA) is 39.8 Å². The van der Waals surface area contributed by atoms with Gasteiger partial charge in [0.2, 0.25) is 11.9 Å². The second kappa shape index (κ2) is 6.53. The van der Waals surface area contributed by atoms with Gasteiger partial charge in [0.1, 0.15) is 11.4 Å². The Morgan fingerprint density at radius 2 is 1.67 bits per heavy atom. The molecule has 0 N–H and O–H groups in total. The van der Waals surface area contributed by atoms with E-state index in [1.165, 1.54) is 0 Å². The molecule has 3 heteroatoms. The highest BCUT2D eigenvalue weighted by Crippen LogP contribution is 2.19. The summed E-state index contributed by atoms with van der Waals surface area (Å²) in [6.45, 7) is 8.12. The van der Waals surface area contributed by atoms with Gasteiger partial charge in [-0.1, -0.05) is 64.1 Å². The SMILES string of the molecule is CC(C)c1c[n+]([O-])c(C(C)C)c(/C=C/c2ccccc2)n1. The predicted molar refractivity (Wildman–Crippen MR) is 86.7 cm³/mol. The van der Waals surface area contributed by atoms with Crippen LogP contribution in [0.5, 0.6) is 0 Å². The molecule has 0 bridgehead atoms. The van der Waals surface area contributed by atoms with Crippen molar-refractivity contribution >= 4 is 12.2 Å². The second-order valence-corrected chi connectivity index (χ2v) is 5.82. The minimum atomic E-state index is 0.131. The molecule has 110 valence electrons. The number of hydrogen-bond donors (Lipinski definition) is 0. The first-order chi connectivity index (χ1) is 9.99. The Labute approximate surface area is 126 Å². The average Bonchev–Trinajstić information content (AvgIpc) is 2.45. The van der Waals surface area contributed by atoms with Gasteiger partial charge >= 0.3 is 0 Å². The molecule has 2 aromatic rings. The largest absolute Gasteiger partial charge is 0.618 e. The summed E-state index contributed by atoms with van der Waals surface area (Å²) in [5.41, 5.74) is 3.39. The van der Waals surface area contributed by atoms with Crippen LogP contribution < -0.4 is 4.73 Å². The van der Waals surface area contributed by atoms with Crippen LogP contribution in [-0.2, 0) is 0 Å². The number of hydrogen-bond acceptors (Lipinski definition) is 2. The van der Waals surface area contributed by atoms with E-state index >= 15 is 0 Å². The van der Waals surface area contributed by atoms with E-state index in [9.17, 15) is 5.21 Å². The van der Waals surface area contributed by atoms with Gasteiger partial charge in [0.05, 0.1) is 0 Å². The molecule has 0 amide bonds. The van der Waals surface area contributed by atoms with Crippen molar-refractivity contribution in [1.29, 1.82) is 0 Å². The maximum absolute atomic E-state index is 12.3. The molecular weight excluding hydrogens is 260 g/mol. The summed E-state index contributed by atoms with van der Waals surface area (Å²) in [6, 6.07) is 10.0. The van der Waals surface area contributed by atoms with E-state index in [1.54, 1.807) is 6.20 Å². The van der Waals surface area contributed by atoms with Crippen LogP contribution in [0.15, 0.2) is 36.5 Å². The minimum absolute atomic E-state index is 0.131. The zero-order valence-electron chi connectivity index (χ0n) is 13.1. The number of nitrogens with zero attached hydrogens (tertiary/aromatic N) is 2. The lowest BCUT2D eigenvalue weighted by molar-refractivity contribution is -0.616. The molecule has 0 spiro atoms. The van der Waals surface area contributed by atoms with E-state index in [-0.39, 0.29) is 11.8 Å². The average molecular weight is 282 g/mol. The molecule has 2 rings (SSSR count). The minimum Gasteiger partial charge on any atom is -0.618 e. The fraction of sp³-hybridized carbons (Fsp3) is 0.333. The van der Waals surface area contributed by atoms with Crippen LogP contribution in [-0.4, -0.2) is 4.98 Å². The summed E-state index contributed by atoms with van der Waals surface area (Å²) in [6.07, 6.45) is 5.53. The Morgan fingerprint density at radius 3 is 2.24 bits per heavy atom. The van der Waals surface area contributed by atoms with Crippen molar-refractivity contribution in [3.63, 3.8) is 0 Å². The number of benzene rings is 1. The monoisotopic (exact) mass is 282 g/mol. The maximum atomic E-state index is 12.3. The molecule has 0 atom stereocenters. The van der Waals surface area contributed by atoms with E-state index in [2.05, 4.69) is 4.98 Å². The molecule has 0 aliphatic carbocycles. The van der Waals surface area contributed by atoms with Crippen LogP contribution in [0.4, 0.5) is 0 Å². The first-order valence-electron chi connectivity index (χ1n) is 7.36. The van der Waals surface area contributed by atoms with Gasteiger partial charge < -0.3 is 5.21 Å². The van der Waals surface area contributed by atoms with Gasteiger partial charge in [-0.15, -0.1) is 0 Å². The van der Waals surface area contributed by atoms with E-state index in [0.717, 1.165) is 21.7 Å². The summed E-state index contributed by atoms with van der Waals surface area (Å²) >= 11 is 0. The van der Waals surface area contributed by atoms with Crippen molar-refractivity contribution in [1.82, 2.24) is 4.98 Å². The zero-order valence-corrected chi connectivity index (χ0v) is 13.1. The van der Waals surface area contributed by atoms with Gasteiger partial charge in [-0.3, -0.25) is 0 Å². The molecule has 0 fully saturated rings. The maximum Gasteiger partial charge on any atom is 0.221 e. The number of rotatable bonds is 4. The third kappa shape index (κ3) is 3.69. The summed E-state index contributed by atoms with van der Waals surface area (Å²) in [7, 11) is 0. The highest BCUT2D eigenvalue weighted by molar-refractivity contribution is 5.68. The third-order valence-electron chi connectivity index (χ3n) is 3.37. The van der Waals surface area contributed by atoms with Crippen LogP contribution >= 0.6 is 0 Å². The molecule has 3 nitrogen and oxygen atoms in total. The molecule has 1 heterocycles. The second-order valence-electron chi connectivity index (χ2n) is 5.82. The standard InChI is InChI=1S/C18H22N2O/c1-13(2)17-12-20(21)18(14(3)4)16(19-17)11-10-15-8-6-5-7-9-15/h5-14H,1-4H3/b11-10+. The Kier molecular flexibility index (Phi) is 4.73. The van der Waals surface area contributed by atoms with Crippen LogP contribution in [0.25, 0.3) is 12.2 Å². The lowest BCUT2D eigenvalue weighted by Crippen LogP contribution is -2.35. The highest BCUT2D eigenvalue weighted by atomic mass is 16.5. The molecule has 0 saturated heterocycles. The molecule has 0 unspecified atom stereocenters. The third-order valence-corrected chi connectivity index (χ3v) is 3.37. The van der Waals surface area contributed by atoms with E-state index in [1.807, 2.05) is 70.2 Å². The molecule has 21 heavy (non-hydrogen) atoms. The molecule has 0 radical (unpaired) electrons. The van der Waals surface area contributed by atoms with Crippen molar-refractivity contribution in [3.8, 4) is 0 Å². The lowest BCUT2D eigenvalue weighted by atomic mass is 10.0.